The van der Waals surface area contributed by atoms with E-state index in [-0.39, 0.29) is 5.75 Å². The van der Waals surface area contributed by atoms with E-state index < -0.39 is 0 Å². The minimum atomic E-state index is 0.118. The highest BCUT2D eigenvalue weighted by Crippen LogP contribution is 2.21. The smallest absolute Gasteiger partial charge is 0.230 e. The van der Waals surface area contributed by atoms with Gasteiger partial charge in [0.15, 0.2) is 3.95 Å². The van der Waals surface area contributed by atoms with Gasteiger partial charge in [0.1, 0.15) is 5.75 Å². The molecule has 2 N–H and O–H groups in total. The predicted molar refractivity (Wildman–Crippen MR) is 67.7 cm³/mol. The number of benzene rings is 1. The van der Waals surface area contributed by atoms with Crippen LogP contribution < -0.4 is 0 Å². The summed E-state index contributed by atoms with van der Waals surface area (Å²) in [4.78, 5) is 4.07. The highest BCUT2D eigenvalue weighted by Gasteiger charge is 1.99. The summed E-state index contributed by atoms with van der Waals surface area (Å²) in [5.41, 5.74) is 0.536. The van der Waals surface area contributed by atoms with Gasteiger partial charge in [-0.2, -0.15) is 0 Å². The van der Waals surface area contributed by atoms with Crippen molar-refractivity contribution in [3.8, 4) is 5.75 Å². The normalized spacial score (nSPS) is 11.1. The van der Waals surface area contributed by atoms with Gasteiger partial charge in [0, 0.05) is 16.8 Å². The van der Waals surface area contributed by atoms with E-state index in [0.717, 1.165) is 0 Å². The first-order valence-corrected chi connectivity index (χ1v) is 5.83. The minimum absolute atomic E-state index is 0.118. The van der Waals surface area contributed by atoms with E-state index in [0.29, 0.717) is 19.7 Å². The maximum atomic E-state index is 9.52. The highest BCUT2D eigenvalue weighted by atomic mass is 35.5. The zero-order valence-electron chi connectivity index (χ0n) is 7.85. The molecule has 0 radical (unpaired) electrons. The molecule has 4 nitrogen and oxygen atoms in total. The van der Waals surface area contributed by atoms with Gasteiger partial charge >= 0.3 is 0 Å². The average Bonchev–Trinajstić information content (AvgIpc) is 2.66. The summed E-state index contributed by atoms with van der Waals surface area (Å²) in [5.74, 6) is 0.118. The van der Waals surface area contributed by atoms with Crippen molar-refractivity contribution in [2.45, 2.75) is 0 Å². The predicted octanol–water partition coefficient (Wildman–Crippen LogP) is 3.31. The molecule has 2 rings (SSSR count). The molecule has 0 aliphatic rings. The van der Waals surface area contributed by atoms with Crippen LogP contribution >= 0.6 is 35.2 Å². The summed E-state index contributed by atoms with van der Waals surface area (Å²) in [7, 11) is 0. The number of phenolic OH excluding ortho intramolecular Hbond substituents is 1. The minimum Gasteiger partial charge on any atom is -0.507 e. The summed E-state index contributed by atoms with van der Waals surface area (Å²) in [5, 5.41) is 17.0. The molecule has 0 bridgehead atoms. The molecule has 2 aromatic rings. The van der Waals surface area contributed by atoms with Gasteiger partial charge in [-0.15, -0.1) is 5.10 Å². The van der Waals surface area contributed by atoms with Crippen LogP contribution in [0.2, 0.25) is 5.02 Å². The molecule has 0 saturated carbocycles. The molecule has 0 aliphatic carbocycles. The number of halogens is 1. The number of nitrogens with zero attached hydrogens (tertiary/aromatic N) is 2. The second-order valence-corrected chi connectivity index (χ2v) is 4.94. The zero-order valence-corrected chi connectivity index (χ0v) is 10.2. The van der Waals surface area contributed by atoms with Crippen LogP contribution in [0.4, 0.5) is 5.13 Å². The third kappa shape index (κ3) is 2.66. The number of phenols is 1. The first-order chi connectivity index (χ1) is 7.65. The SMILES string of the molecule is Oc1ccc(Cl)cc1/C=N/c1n[nH]c(=S)s1. The Morgan fingerprint density at radius 3 is 3.06 bits per heavy atom. The number of aromatic amines is 1. The third-order valence-electron chi connectivity index (χ3n) is 1.73. The maximum Gasteiger partial charge on any atom is 0.230 e. The molecule has 0 aliphatic heterocycles. The van der Waals surface area contributed by atoms with Crippen LogP contribution in [0.25, 0.3) is 0 Å². The molecule has 16 heavy (non-hydrogen) atoms. The van der Waals surface area contributed by atoms with Crippen LogP contribution in [-0.2, 0) is 0 Å². The molecule has 1 heterocycles. The Morgan fingerprint density at radius 1 is 1.56 bits per heavy atom. The van der Waals surface area contributed by atoms with Crippen molar-refractivity contribution in [3.05, 3.63) is 32.7 Å². The Labute approximate surface area is 105 Å². The van der Waals surface area contributed by atoms with Gasteiger partial charge in [-0.05, 0) is 30.4 Å². The molecule has 82 valence electrons. The largest absolute Gasteiger partial charge is 0.507 e. The van der Waals surface area contributed by atoms with E-state index in [1.165, 1.54) is 23.6 Å². The van der Waals surface area contributed by atoms with Crippen LogP contribution in [0.5, 0.6) is 5.75 Å². The van der Waals surface area contributed by atoms with Crippen molar-refractivity contribution in [2.75, 3.05) is 0 Å². The van der Waals surface area contributed by atoms with E-state index in [2.05, 4.69) is 15.2 Å². The zero-order chi connectivity index (χ0) is 11.5. The van der Waals surface area contributed by atoms with Gasteiger partial charge in [0.05, 0.1) is 0 Å². The molecule has 0 spiro atoms. The Balaban J connectivity index is 2.29. The monoisotopic (exact) mass is 271 g/mol. The van der Waals surface area contributed by atoms with Crippen LogP contribution in [0.1, 0.15) is 5.56 Å². The number of H-pyrrole nitrogens is 1. The van der Waals surface area contributed by atoms with Gasteiger partial charge in [-0.25, -0.2) is 4.99 Å². The fraction of sp³-hybridized carbons (Fsp3) is 0. The lowest BCUT2D eigenvalue weighted by molar-refractivity contribution is 0.474. The number of nitrogens with one attached hydrogen (secondary N) is 1. The van der Waals surface area contributed by atoms with E-state index in [1.54, 1.807) is 12.1 Å². The first-order valence-electron chi connectivity index (χ1n) is 4.23. The summed E-state index contributed by atoms with van der Waals surface area (Å²) < 4.78 is 0.558. The lowest BCUT2D eigenvalue weighted by Crippen LogP contribution is -1.81. The van der Waals surface area contributed by atoms with Crippen molar-refractivity contribution < 1.29 is 5.11 Å². The first kappa shape index (κ1) is 11.3. The summed E-state index contributed by atoms with van der Waals surface area (Å²) in [6.07, 6.45) is 1.49. The fourth-order valence-electron chi connectivity index (χ4n) is 1.03. The summed E-state index contributed by atoms with van der Waals surface area (Å²) in [6.45, 7) is 0. The molecular formula is C9H6ClN3OS2. The lowest BCUT2D eigenvalue weighted by atomic mass is 10.2. The molecule has 1 aromatic heterocycles. The number of aromatic hydroxyl groups is 1. The Hall–Kier alpha value is -1.24. The van der Waals surface area contributed by atoms with Crippen molar-refractivity contribution in [2.24, 2.45) is 4.99 Å². The van der Waals surface area contributed by atoms with Crippen molar-refractivity contribution >= 4 is 46.5 Å². The topological polar surface area (TPSA) is 61.3 Å². The number of hydrogen-bond acceptors (Lipinski definition) is 5. The number of rotatable bonds is 2. The Kier molecular flexibility index (Phi) is 3.33. The van der Waals surface area contributed by atoms with Crippen molar-refractivity contribution in [3.63, 3.8) is 0 Å². The van der Waals surface area contributed by atoms with E-state index in [1.807, 2.05) is 0 Å². The van der Waals surface area contributed by atoms with Crippen LogP contribution in [-0.4, -0.2) is 21.5 Å². The molecule has 0 unspecified atom stereocenters. The van der Waals surface area contributed by atoms with E-state index in [9.17, 15) is 5.11 Å². The van der Waals surface area contributed by atoms with Gasteiger partial charge in [-0.3, -0.25) is 5.10 Å². The van der Waals surface area contributed by atoms with E-state index in [4.69, 9.17) is 23.8 Å². The highest BCUT2D eigenvalue weighted by molar-refractivity contribution is 7.73. The van der Waals surface area contributed by atoms with Gasteiger partial charge in [0.2, 0.25) is 5.13 Å². The molecule has 0 atom stereocenters. The number of aliphatic imine (C=N–C) groups is 1. The number of hydrogen-bond donors (Lipinski definition) is 2. The average molecular weight is 272 g/mol. The second-order valence-electron chi connectivity index (χ2n) is 2.86. The Bertz CT molecular complexity index is 590. The van der Waals surface area contributed by atoms with Gasteiger partial charge < -0.3 is 5.11 Å². The fourth-order valence-corrected chi connectivity index (χ4v) is 1.93. The van der Waals surface area contributed by atoms with Crippen LogP contribution in [0.3, 0.4) is 0 Å². The lowest BCUT2D eigenvalue weighted by Gasteiger charge is -1.97. The standard InChI is InChI=1S/C9H6ClN3OS2/c10-6-1-2-7(14)5(3-6)4-11-8-12-13-9(15)16-8/h1-4,14H,(H,13,15)/b11-4+. The molecule has 0 amide bonds. The summed E-state index contributed by atoms with van der Waals surface area (Å²) in [6, 6.07) is 4.73. The second kappa shape index (κ2) is 4.73. The summed E-state index contributed by atoms with van der Waals surface area (Å²) >= 11 is 11.9. The van der Waals surface area contributed by atoms with Gasteiger partial charge in [0.25, 0.3) is 0 Å². The third-order valence-corrected chi connectivity index (χ3v) is 2.96. The van der Waals surface area contributed by atoms with Crippen molar-refractivity contribution in [1.29, 1.82) is 0 Å². The van der Waals surface area contributed by atoms with Crippen molar-refractivity contribution in [1.82, 2.24) is 10.2 Å². The quantitative estimate of drug-likeness (QED) is 0.651. The molecular weight excluding hydrogens is 266 g/mol. The molecule has 0 fully saturated rings. The molecule has 1 aromatic carbocycles. The Morgan fingerprint density at radius 2 is 2.38 bits per heavy atom. The maximum absolute atomic E-state index is 9.52. The van der Waals surface area contributed by atoms with Gasteiger partial charge in [-0.1, -0.05) is 22.9 Å². The molecule has 7 heteroatoms. The van der Waals surface area contributed by atoms with Crippen LogP contribution in [0, 0.1) is 3.95 Å². The van der Waals surface area contributed by atoms with E-state index >= 15 is 0 Å². The van der Waals surface area contributed by atoms with Crippen LogP contribution in [0.15, 0.2) is 23.2 Å². The molecule has 0 saturated heterocycles. The number of aromatic nitrogens is 2.